The Bertz CT molecular complexity index is 1390. The van der Waals surface area contributed by atoms with E-state index in [9.17, 15) is 9.18 Å². The van der Waals surface area contributed by atoms with Crippen LogP contribution in [0.25, 0.3) is 0 Å². The Morgan fingerprint density at radius 3 is 2.07 bits per heavy atom. The van der Waals surface area contributed by atoms with Gasteiger partial charge in [0.25, 0.3) is 5.91 Å². The lowest BCUT2D eigenvalue weighted by Gasteiger charge is -2.12. The van der Waals surface area contributed by atoms with Crippen molar-refractivity contribution in [3.63, 3.8) is 0 Å². The molecule has 220 valence electrons. The Kier molecular flexibility index (Phi) is 12.0. The van der Waals surface area contributed by atoms with Crippen molar-refractivity contribution in [3.8, 4) is 0 Å². The summed E-state index contributed by atoms with van der Waals surface area (Å²) in [5.74, 6) is 0.457. The van der Waals surface area contributed by atoms with Crippen LogP contribution in [0, 0.1) is 5.82 Å². The number of rotatable bonds is 17. The molecule has 11 nitrogen and oxygen atoms in total. The molecule has 0 radical (unpaired) electrons. The van der Waals surface area contributed by atoms with Gasteiger partial charge in [0.1, 0.15) is 5.82 Å². The van der Waals surface area contributed by atoms with Crippen LogP contribution < -0.4 is 27.0 Å². The summed E-state index contributed by atoms with van der Waals surface area (Å²) in [7, 11) is 0. The SMILES string of the molecule is NCCOCCOCCNC(=O)c1ccc(Nc2nc(NCc3ccccc3)nc(NCc3cccc(F)c3)n2)cc1. The number of hydrogen-bond donors (Lipinski definition) is 5. The lowest BCUT2D eigenvalue weighted by atomic mass is 10.2. The summed E-state index contributed by atoms with van der Waals surface area (Å²) < 4.78 is 24.3. The van der Waals surface area contributed by atoms with Crippen LogP contribution in [0.2, 0.25) is 0 Å². The van der Waals surface area contributed by atoms with E-state index in [2.05, 4.69) is 36.2 Å². The van der Waals surface area contributed by atoms with Gasteiger partial charge in [-0.25, -0.2) is 4.39 Å². The Hall–Kier alpha value is -4.65. The molecule has 3 aromatic carbocycles. The molecule has 0 fully saturated rings. The first-order chi connectivity index (χ1) is 20.6. The minimum atomic E-state index is -0.313. The minimum absolute atomic E-state index is 0.207. The first kappa shape index (κ1) is 30.3. The number of amides is 1. The van der Waals surface area contributed by atoms with Gasteiger partial charge in [0.15, 0.2) is 0 Å². The van der Waals surface area contributed by atoms with Crippen LogP contribution in [0.15, 0.2) is 78.9 Å². The van der Waals surface area contributed by atoms with Crippen LogP contribution in [0.4, 0.5) is 27.9 Å². The number of nitrogens with one attached hydrogen (secondary N) is 4. The second kappa shape index (κ2) is 16.6. The zero-order valence-corrected chi connectivity index (χ0v) is 23.2. The van der Waals surface area contributed by atoms with E-state index in [1.165, 1.54) is 12.1 Å². The molecule has 4 aromatic rings. The molecule has 42 heavy (non-hydrogen) atoms. The van der Waals surface area contributed by atoms with Crippen LogP contribution in [0.5, 0.6) is 0 Å². The smallest absolute Gasteiger partial charge is 0.251 e. The highest BCUT2D eigenvalue weighted by molar-refractivity contribution is 5.94. The van der Waals surface area contributed by atoms with E-state index in [0.717, 1.165) is 11.1 Å². The van der Waals surface area contributed by atoms with Gasteiger partial charge < -0.3 is 36.5 Å². The molecule has 6 N–H and O–H groups in total. The molecule has 0 saturated carbocycles. The molecule has 12 heteroatoms. The first-order valence-electron chi connectivity index (χ1n) is 13.6. The molecule has 1 aromatic heterocycles. The van der Waals surface area contributed by atoms with E-state index in [0.29, 0.717) is 81.7 Å². The van der Waals surface area contributed by atoms with Crippen LogP contribution in [-0.2, 0) is 22.6 Å². The Labute approximate surface area is 244 Å². The fourth-order valence-corrected chi connectivity index (χ4v) is 3.77. The molecule has 0 spiro atoms. The highest BCUT2D eigenvalue weighted by Gasteiger charge is 2.10. The molecule has 0 aliphatic rings. The molecule has 0 atom stereocenters. The highest BCUT2D eigenvalue weighted by Crippen LogP contribution is 2.18. The third kappa shape index (κ3) is 10.4. The number of carbonyl (C=O) groups is 1. The summed E-state index contributed by atoms with van der Waals surface area (Å²) in [6.07, 6.45) is 0. The summed E-state index contributed by atoms with van der Waals surface area (Å²) in [5.41, 5.74) is 8.37. The van der Waals surface area contributed by atoms with Gasteiger partial charge in [0, 0.05) is 37.4 Å². The molecule has 0 unspecified atom stereocenters. The van der Waals surface area contributed by atoms with Gasteiger partial charge in [0.05, 0.1) is 26.4 Å². The van der Waals surface area contributed by atoms with Crippen molar-refractivity contribution in [2.75, 3.05) is 55.5 Å². The van der Waals surface area contributed by atoms with E-state index in [1.807, 2.05) is 36.4 Å². The van der Waals surface area contributed by atoms with Crippen molar-refractivity contribution in [2.24, 2.45) is 5.73 Å². The van der Waals surface area contributed by atoms with Gasteiger partial charge in [-0.2, -0.15) is 15.0 Å². The number of nitrogens with zero attached hydrogens (tertiary/aromatic N) is 3. The lowest BCUT2D eigenvalue weighted by Crippen LogP contribution is -2.27. The van der Waals surface area contributed by atoms with Crippen molar-refractivity contribution in [1.82, 2.24) is 20.3 Å². The average molecular weight is 575 g/mol. The third-order valence-electron chi connectivity index (χ3n) is 5.84. The molecule has 0 aliphatic carbocycles. The number of aromatic nitrogens is 3. The van der Waals surface area contributed by atoms with Crippen LogP contribution in [0.1, 0.15) is 21.5 Å². The maximum absolute atomic E-state index is 13.6. The Morgan fingerprint density at radius 1 is 0.738 bits per heavy atom. The van der Waals surface area contributed by atoms with Gasteiger partial charge in [0.2, 0.25) is 17.8 Å². The van der Waals surface area contributed by atoms with E-state index in [1.54, 1.807) is 30.3 Å². The van der Waals surface area contributed by atoms with Crippen LogP contribution in [-0.4, -0.2) is 60.4 Å². The Morgan fingerprint density at radius 2 is 1.38 bits per heavy atom. The van der Waals surface area contributed by atoms with E-state index < -0.39 is 0 Å². The van der Waals surface area contributed by atoms with E-state index in [4.69, 9.17) is 15.2 Å². The number of anilines is 4. The van der Waals surface area contributed by atoms with Crippen LogP contribution in [0.3, 0.4) is 0 Å². The lowest BCUT2D eigenvalue weighted by molar-refractivity contribution is 0.0511. The first-order valence-corrected chi connectivity index (χ1v) is 13.6. The average Bonchev–Trinajstić information content (AvgIpc) is 3.01. The zero-order valence-electron chi connectivity index (χ0n) is 23.2. The number of nitrogens with two attached hydrogens (primary N) is 1. The van der Waals surface area contributed by atoms with Gasteiger partial charge in [-0.05, 0) is 47.5 Å². The number of hydrogen-bond acceptors (Lipinski definition) is 10. The predicted octanol–water partition coefficient (Wildman–Crippen LogP) is 3.70. The molecule has 0 saturated heterocycles. The summed E-state index contributed by atoms with van der Waals surface area (Å²) >= 11 is 0. The van der Waals surface area contributed by atoms with E-state index >= 15 is 0 Å². The number of benzene rings is 3. The fourth-order valence-electron chi connectivity index (χ4n) is 3.77. The monoisotopic (exact) mass is 574 g/mol. The second-order valence-corrected chi connectivity index (χ2v) is 9.10. The summed E-state index contributed by atoms with van der Waals surface area (Å²) in [6.45, 7) is 3.50. The second-order valence-electron chi connectivity index (χ2n) is 9.10. The quantitative estimate of drug-likeness (QED) is 0.118. The van der Waals surface area contributed by atoms with Crippen molar-refractivity contribution < 1.29 is 18.7 Å². The maximum Gasteiger partial charge on any atom is 0.251 e. The number of ether oxygens (including phenoxy) is 2. The molecule has 1 heterocycles. The fraction of sp³-hybridized carbons (Fsp3) is 0.267. The van der Waals surface area contributed by atoms with Crippen molar-refractivity contribution in [1.29, 1.82) is 0 Å². The largest absolute Gasteiger partial charge is 0.378 e. The topological polar surface area (TPSA) is 148 Å². The molecular weight excluding hydrogens is 539 g/mol. The van der Waals surface area contributed by atoms with Crippen LogP contribution >= 0.6 is 0 Å². The van der Waals surface area contributed by atoms with Crippen molar-refractivity contribution >= 4 is 29.4 Å². The molecule has 1 amide bonds. The third-order valence-corrected chi connectivity index (χ3v) is 5.84. The number of carbonyl (C=O) groups excluding carboxylic acids is 1. The molecule has 0 bridgehead atoms. The highest BCUT2D eigenvalue weighted by atomic mass is 19.1. The van der Waals surface area contributed by atoms with Gasteiger partial charge in [-0.15, -0.1) is 0 Å². The summed E-state index contributed by atoms with van der Waals surface area (Å²) in [4.78, 5) is 25.9. The predicted molar refractivity (Wildman–Crippen MR) is 160 cm³/mol. The molecule has 0 aliphatic heterocycles. The van der Waals surface area contributed by atoms with Crippen molar-refractivity contribution in [3.05, 3.63) is 101 Å². The maximum atomic E-state index is 13.6. The van der Waals surface area contributed by atoms with Gasteiger partial charge in [-0.1, -0.05) is 42.5 Å². The normalized spacial score (nSPS) is 10.7. The van der Waals surface area contributed by atoms with Gasteiger partial charge >= 0.3 is 0 Å². The molecule has 4 rings (SSSR count). The standard InChI is InChI=1S/C30H35FN8O3/c31-25-8-4-7-23(19-25)21-35-29-37-28(34-20-22-5-2-1-3-6-22)38-30(39-29)36-26-11-9-24(10-12-26)27(40)33-14-16-42-18-17-41-15-13-32/h1-12,19H,13-18,20-21,32H2,(H,33,40)(H3,34,35,36,37,38,39). The van der Waals surface area contributed by atoms with E-state index in [-0.39, 0.29) is 11.7 Å². The molecular formula is C30H35FN8O3. The minimum Gasteiger partial charge on any atom is -0.378 e. The summed E-state index contributed by atoms with van der Waals surface area (Å²) in [6, 6.07) is 23.1. The summed E-state index contributed by atoms with van der Waals surface area (Å²) in [5, 5.41) is 12.3. The van der Waals surface area contributed by atoms with Gasteiger partial charge in [-0.3, -0.25) is 4.79 Å². The zero-order chi connectivity index (χ0) is 29.4. The van der Waals surface area contributed by atoms with Crippen molar-refractivity contribution in [2.45, 2.75) is 13.1 Å². The number of halogens is 1. The Balaban J connectivity index is 1.35.